The average Bonchev–Trinajstić information content (AvgIpc) is 2.96. The van der Waals surface area contributed by atoms with E-state index in [0.717, 1.165) is 28.2 Å². The van der Waals surface area contributed by atoms with E-state index in [1.165, 1.54) is 43.8 Å². The number of aryl methyl sites for hydroxylation is 1. The fourth-order valence-electron chi connectivity index (χ4n) is 2.91. The van der Waals surface area contributed by atoms with Crippen molar-refractivity contribution in [2.45, 2.75) is 38.1 Å². The zero-order valence-electron chi connectivity index (χ0n) is 13.8. The Balaban J connectivity index is 1.94. The highest BCUT2D eigenvalue weighted by Gasteiger charge is 2.17. The van der Waals surface area contributed by atoms with Gasteiger partial charge < -0.3 is 4.74 Å². The van der Waals surface area contributed by atoms with Gasteiger partial charge in [0.1, 0.15) is 5.01 Å². The number of aromatic nitrogens is 2. The molecule has 0 atom stereocenters. The molecule has 0 radical (unpaired) electrons. The lowest BCUT2D eigenvalue weighted by atomic mass is 9.96. The Morgan fingerprint density at radius 1 is 1.38 bits per heavy atom. The Hall–Kier alpha value is -2.22. The third kappa shape index (κ3) is 3.48. The van der Waals surface area contributed by atoms with Gasteiger partial charge in [0.2, 0.25) is 4.80 Å². The van der Waals surface area contributed by atoms with Crippen LogP contribution in [-0.4, -0.2) is 27.9 Å². The van der Waals surface area contributed by atoms with Gasteiger partial charge in [0.05, 0.1) is 18.1 Å². The van der Waals surface area contributed by atoms with Gasteiger partial charge in [-0.1, -0.05) is 30.6 Å². The van der Waals surface area contributed by atoms with Crippen LogP contribution >= 0.6 is 11.3 Å². The molecule has 0 bridgehead atoms. The van der Waals surface area contributed by atoms with Crippen molar-refractivity contribution < 1.29 is 9.66 Å². The smallest absolute Gasteiger partial charge is 0.310 e. The quantitative estimate of drug-likeness (QED) is 0.627. The van der Waals surface area contributed by atoms with Crippen molar-refractivity contribution in [3.8, 4) is 16.3 Å². The van der Waals surface area contributed by atoms with Crippen LogP contribution in [0.5, 0.6) is 5.75 Å². The topological polar surface area (TPSA) is 82.5 Å². The van der Waals surface area contributed by atoms with Gasteiger partial charge in [-0.05, 0) is 25.0 Å². The van der Waals surface area contributed by atoms with E-state index in [1.54, 1.807) is 16.8 Å². The first kappa shape index (κ1) is 16.6. The Labute approximate surface area is 143 Å². The summed E-state index contributed by atoms with van der Waals surface area (Å²) < 4.78 is 6.91. The Kier molecular flexibility index (Phi) is 4.94. The molecule has 3 rings (SSSR count). The Morgan fingerprint density at radius 3 is 2.79 bits per heavy atom. The summed E-state index contributed by atoms with van der Waals surface area (Å²) in [6.07, 6.45) is 6.05. The van der Waals surface area contributed by atoms with Crippen molar-refractivity contribution in [2.75, 3.05) is 7.11 Å². The number of benzene rings is 1. The lowest BCUT2D eigenvalue weighted by Gasteiger charge is -2.16. The molecule has 1 saturated carbocycles. The van der Waals surface area contributed by atoms with E-state index in [4.69, 9.17) is 9.73 Å². The summed E-state index contributed by atoms with van der Waals surface area (Å²) in [5, 5.41) is 16.3. The Bertz CT molecular complexity index is 806. The van der Waals surface area contributed by atoms with Crippen LogP contribution in [0.15, 0.2) is 23.2 Å². The van der Waals surface area contributed by atoms with Crippen LogP contribution in [0.4, 0.5) is 5.69 Å². The molecule has 0 unspecified atom stereocenters. The maximum atomic E-state index is 11.0. The molecule has 1 aromatic carbocycles. The third-order valence-corrected chi connectivity index (χ3v) is 5.26. The summed E-state index contributed by atoms with van der Waals surface area (Å²) in [7, 11) is 3.31. The second kappa shape index (κ2) is 7.12. The predicted octanol–water partition coefficient (Wildman–Crippen LogP) is 3.30. The molecule has 0 N–H and O–H groups in total. The average molecular weight is 348 g/mol. The predicted molar refractivity (Wildman–Crippen MR) is 92.2 cm³/mol. The van der Waals surface area contributed by atoms with Crippen LogP contribution in [-0.2, 0) is 7.05 Å². The normalized spacial score (nSPS) is 16.3. The highest BCUT2D eigenvalue weighted by molar-refractivity contribution is 7.12. The number of ether oxygens (including phenoxy) is 1. The van der Waals surface area contributed by atoms with E-state index in [2.05, 4.69) is 5.10 Å². The first-order chi connectivity index (χ1) is 11.6. The van der Waals surface area contributed by atoms with Gasteiger partial charge in [-0.3, -0.25) is 15.1 Å². The molecular weight excluding hydrogens is 328 g/mol. The van der Waals surface area contributed by atoms with Gasteiger partial charge in [-0.15, -0.1) is 0 Å². The SMILES string of the molecule is COc1cc(-c2nn(C)c(=NC3CCCCC3)s2)ccc1[N+](=O)[O-]. The number of nitrogens with zero attached hydrogens (tertiary/aromatic N) is 4. The first-order valence-corrected chi connectivity index (χ1v) is 8.81. The molecule has 2 aromatic rings. The van der Waals surface area contributed by atoms with Crippen molar-refractivity contribution in [2.24, 2.45) is 12.0 Å². The maximum Gasteiger partial charge on any atom is 0.310 e. The molecule has 0 saturated heterocycles. The highest BCUT2D eigenvalue weighted by atomic mass is 32.1. The Morgan fingerprint density at radius 2 is 2.12 bits per heavy atom. The van der Waals surface area contributed by atoms with Gasteiger partial charge in [0.25, 0.3) is 0 Å². The summed E-state index contributed by atoms with van der Waals surface area (Å²) >= 11 is 1.50. The molecular formula is C16H20N4O3S. The fraction of sp³-hybridized carbons (Fsp3) is 0.500. The molecule has 0 aliphatic heterocycles. The van der Waals surface area contributed by atoms with Crippen LogP contribution in [0.25, 0.3) is 10.6 Å². The molecule has 0 spiro atoms. The molecule has 1 aliphatic carbocycles. The molecule has 8 heteroatoms. The minimum Gasteiger partial charge on any atom is -0.490 e. The van der Waals surface area contributed by atoms with Crippen LogP contribution in [0.1, 0.15) is 32.1 Å². The molecule has 1 aliphatic rings. The summed E-state index contributed by atoms with van der Waals surface area (Å²) in [6.45, 7) is 0. The minimum absolute atomic E-state index is 0.0469. The standard InChI is InChI=1S/C16H20N4O3S/c1-19-16(17-12-6-4-3-5-7-12)24-15(18-19)11-8-9-13(20(21)22)14(10-11)23-2/h8-10,12H,3-7H2,1-2H3. The summed E-state index contributed by atoms with van der Waals surface area (Å²) in [5.74, 6) is 0.237. The number of nitro groups is 1. The van der Waals surface area contributed by atoms with Crippen LogP contribution < -0.4 is 9.54 Å². The lowest BCUT2D eigenvalue weighted by molar-refractivity contribution is -0.385. The van der Waals surface area contributed by atoms with E-state index < -0.39 is 4.92 Å². The largest absolute Gasteiger partial charge is 0.490 e. The van der Waals surface area contributed by atoms with E-state index >= 15 is 0 Å². The van der Waals surface area contributed by atoms with Gasteiger partial charge in [-0.2, -0.15) is 5.10 Å². The van der Waals surface area contributed by atoms with Gasteiger partial charge >= 0.3 is 5.69 Å². The number of hydrogen-bond donors (Lipinski definition) is 0. The van der Waals surface area contributed by atoms with Crippen LogP contribution in [0.3, 0.4) is 0 Å². The van der Waals surface area contributed by atoms with Gasteiger partial charge in [-0.25, -0.2) is 4.68 Å². The number of hydrogen-bond acceptors (Lipinski definition) is 6. The van der Waals surface area contributed by atoms with Crippen LogP contribution in [0.2, 0.25) is 0 Å². The lowest BCUT2D eigenvalue weighted by Crippen LogP contribution is -2.18. The molecule has 0 amide bonds. The summed E-state index contributed by atoms with van der Waals surface area (Å²) in [5.41, 5.74) is 0.748. The molecule has 128 valence electrons. The monoisotopic (exact) mass is 348 g/mol. The molecule has 1 heterocycles. The number of nitro benzene ring substituents is 1. The van der Waals surface area contributed by atoms with E-state index in [9.17, 15) is 10.1 Å². The van der Waals surface area contributed by atoms with Crippen molar-refractivity contribution in [3.05, 3.63) is 33.1 Å². The molecule has 1 fully saturated rings. The zero-order valence-corrected chi connectivity index (χ0v) is 14.6. The summed E-state index contributed by atoms with van der Waals surface area (Å²) in [4.78, 5) is 16.3. The van der Waals surface area contributed by atoms with E-state index in [0.29, 0.717) is 6.04 Å². The third-order valence-electron chi connectivity index (χ3n) is 4.20. The second-order valence-corrected chi connectivity index (χ2v) is 6.83. The van der Waals surface area contributed by atoms with Crippen molar-refractivity contribution in [3.63, 3.8) is 0 Å². The van der Waals surface area contributed by atoms with Crippen molar-refractivity contribution >= 4 is 17.0 Å². The second-order valence-electron chi connectivity index (χ2n) is 5.88. The maximum absolute atomic E-state index is 11.0. The fourth-order valence-corrected chi connectivity index (χ4v) is 3.86. The minimum atomic E-state index is -0.450. The van der Waals surface area contributed by atoms with E-state index in [-0.39, 0.29) is 11.4 Å². The van der Waals surface area contributed by atoms with Crippen LogP contribution in [0, 0.1) is 10.1 Å². The zero-order chi connectivity index (χ0) is 17.1. The van der Waals surface area contributed by atoms with E-state index in [1.807, 2.05) is 7.05 Å². The first-order valence-electron chi connectivity index (χ1n) is 7.99. The summed E-state index contributed by atoms with van der Waals surface area (Å²) in [6, 6.07) is 5.18. The number of rotatable bonds is 4. The van der Waals surface area contributed by atoms with Crippen molar-refractivity contribution in [1.29, 1.82) is 0 Å². The van der Waals surface area contributed by atoms with Crippen molar-refractivity contribution in [1.82, 2.24) is 9.78 Å². The molecule has 1 aromatic heterocycles. The van der Waals surface area contributed by atoms with Gasteiger partial charge in [0.15, 0.2) is 5.75 Å². The highest BCUT2D eigenvalue weighted by Crippen LogP contribution is 2.32. The molecule has 7 nitrogen and oxygen atoms in total. The number of methoxy groups -OCH3 is 1. The molecule has 24 heavy (non-hydrogen) atoms. The van der Waals surface area contributed by atoms with Gasteiger partial charge in [0, 0.05) is 18.7 Å².